The summed E-state index contributed by atoms with van der Waals surface area (Å²) in [6, 6.07) is 0. The zero-order valence-electron chi connectivity index (χ0n) is 13.0. The summed E-state index contributed by atoms with van der Waals surface area (Å²) < 4.78 is 0. The van der Waals surface area contributed by atoms with Gasteiger partial charge in [-0.05, 0) is 34.4 Å². The van der Waals surface area contributed by atoms with E-state index in [9.17, 15) is 5.11 Å². The van der Waals surface area contributed by atoms with Crippen LogP contribution in [-0.2, 0) is 6.42 Å². The highest BCUT2D eigenvalue weighted by Gasteiger charge is 2.22. The highest BCUT2D eigenvalue weighted by Crippen LogP contribution is 2.21. The van der Waals surface area contributed by atoms with Gasteiger partial charge < -0.3 is 15.3 Å². The van der Waals surface area contributed by atoms with Crippen molar-refractivity contribution in [2.24, 2.45) is 0 Å². The summed E-state index contributed by atoms with van der Waals surface area (Å²) in [4.78, 5) is 10.7. The van der Waals surface area contributed by atoms with Crippen LogP contribution in [0.25, 0.3) is 0 Å². The van der Waals surface area contributed by atoms with Crippen molar-refractivity contribution in [3.8, 4) is 0 Å². The Morgan fingerprint density at radius 1 is 1.35 bits per heavy atom. The minimum absolute atomic E-state index is 0.408. The molecule has 0 saturated carbocycles. The molecule has 1 heterocycles. The van der Waals surface area contributed by atoms with E-state index in [0.29, 0.717) is 24.1 Å². The summed E-state index contributed by atoms with van der Waals surface area (Å²) in [7, 11) is 3.86. The molecule has 0 fully saturated rings. The second-order valence-corrected chi connectivity index (χ2v) is 6.10. The van der Waals surface area contributed by atoms with Gasteiger partial charge in [0.25, 0.3) is 0 Å². The zero-order chi connectivity index (χ0) is 15.3. The molecule has 20 heavy (non-hydrogen) atoms. The summed E-state index contributed by atoms with van der Waals surface area (Å²) in [6.07, 6.45) is 1.76. The SMILES string of the molecule is CCCc1nc(Cl)c(C)c(NCC(C)(O)CN(C)C)n1. The molecule has 0 saturated heterocycles. The minimum atomic E-state index is -0.835. The van der Waals surface area contributed by atoms with Gasteiger partial charge in [0.15, 0.2) is 0 Å². The molecule has 0 radical (unpaired) electrons. The summed E-state index contributed by atoms with van der Waals surface area (Å²) in [5.74, 6) is 1.44. The van der Waals surface area contributed by atoms with Gasteiger partial charge >= 0.3 is 0 Å². The lowest BCUT2D eigenvalue weighted by Gasteiger charge is -2.27. The molecule has 0 aliphatic heterocycles. The van der Waals surface area contributed by atoms with Crippen molar-refractivity contribution in [3.63, 3.8) is 0 Å². The van der Waals surface area contributed by atoms with Crippen molar-refractivity contribution in [2.75, 3.05) is 32.5 Å². The average Bonchev–Trinajstić information content (AvgIpc) is 2.30. The molecule has 1 rings (SSSR count). The fraction of sp³-hybridized carbons (Fsp3) is 0.714. The molecule has 6 heteroatoms. The van der Waals surface area contributed by atoms with Crippen molar-refractivity contribution < 1.29 is 5.11 Å². The van der Waals surface area contributed by atoms with E-state index in [2.05, 4.69) is 22.2 Å². The number of nitrogens with one attached hydrogen (secondary N) is 1. The van der Waals surface area contributed by atoms with Gasteiger partial charge in [-0.2, -0.15) is 0 Å². The van der Waals surface area contributed by atoms with Crippen LogP contribution in [0.15, 0.2) is 0 Å². The molecule has 0 aromatic carbocycles. The van der Waals surface area contributed by atoms with Gasteiger partial charge in [0.2, 0.25) is 0 Å². The number of rotatable bonds is 7. The molecule has 0 amide bonds. The van der Waals surface area contributed by atoms with Gasteiger partial charge in [-0.25, -0.2) is 9.97 Å². The first-order valence-corrected chi connectivity index (χ1v) is 7.27. The first-order chi connectivity index (χ1) is 9.25. The summed E-state index contributed by atoms with van der Waals surface area (Å²) in [6.45, 7) is 6.73. The maximum Gasteiger partial charge on any atom is 0.137 e. The Balaban J connectivity index is 2.81. The molecule has 114 valence electrons. The van der Waals surface area contributed by atoms with Crippen LogP contribution in [0.5, 0.6) is 0 Å². The van der Waals surface area contributed by atoms with Crippen LogP contribution in [0.1, 0.15) is 31.7 Å². The summed E-state index contributed by atoms with van der Waals surface area (Å²) >= 11 is 6.13. The van der Waals surface area contributed by atoms with Crippen LogP contribution in [0.4, 0.5) is 5.82 Å². The number of likely N-dealkylation sites (N-methyl/N-ethyl adjacent to an activating group) is 1. The van der Waals surface area contributed by atoms with E-state index >= 15 is 0 Å². The number of aliphatic hydroxyl groups is 1. The smallest absolute Gasteiger partial charge is 0.137 e. The zero-order valence-corrected chi connectivity index (χ0v) is 13.8. The van der Waals surface area contributed by atoms with E-state index in [4.69, 9.17) is 11.6 Å². The third-order valence-corrected chi connectivity index (χ3v) is 3.27. The van der Waals surface area contributed by atoms with E-state index in [1.807, 2.05) is 25.9 Å². The third-order valence-electron chi connectivity index (χ3n) is 2.90. The summed E-state index contributed by atoms with van der Waals surface area (Å²) in [5, 5.41) is 14.0. The van der Waals surface area contributed by atoms with Crippen LogP contribution in [0.3, 0.4) is 0 Å². The van der Waals surface area contributed by atoms with E-state index in [1.54, 1.807) is 6.92 Å². The second kappa shape index (κ2) is 7.20. The van der Waals surface area contributed by atoms with E-state index in [1.165, 1.54) is 0 Å². The molecule has 1 unspecified atom stereocenters. The van der Waals surface area contributed by atoms with Crippen LogP contribution in [0, 0.1) is 6.92 Å². The number of nitrogens with zero attached hydrogens (tertiary/aromatic N) is 3. The Hall–Kier alpha value is -0.910. The minimum Gasteiger partial charge on any atom is -0.387 e. The topological polar surface area (TPSA) is 61.3 Å². The van der Waals surface area contributed by atoms with Gasteiger partial charge in [-0.3, -0.25) is 0 Å². The van der Waals surface area contributed by atoms with Crippen molar-refractivity contribution in [1.29, 1.82) is 0 Å². The number of anilines is 1. The molecular weight excluding hydrogens is 276 g/mol. The Bertz CT molecular complexity index is 449. The van der Waals surface area contributed by atoms with Crippen LogP contribution in [-0.4, -0.2) is 52.8 Å². The molecule has 0 aliphatic rings. The first kappa shape index (κ1) is 17.1. The standard InChI is InChI=1S/C14H25ClN4O/c1-6-7-11-17-12(15)10(2)13(18-11)16-8-14(3,20)9-19(4)5/h20H,6-9H2,1-5H3,(H,16,17,18). The lowest BCUT2D eigenvalue weighted by atomic mass is 10.1. The Kier molecular flexibility index (Phi) is 6.17. The maximum absolute atomic E-state index is 10.3. The van der Waals surface area contributed by atoms with Crippen LogP contribution in [0.2, 0.25) is 5.15 Å². The monoisotopic (exact) mass is 300 g/mol. The Morgan fingerprint density at radius 3 is 2.55 bits per heavy atom. The Morgan fingerprint density at radius 2 is 2.00 bits per heavy atom. The van der Waals surface area contributed by atoms with Gasteiger partial charge in [-0.1, -0.05) is 18.5 Å². The highest BCUT2D eigenvalue weighted by atomic mass is 35.5. The third kappa shape index (κ3) is 5.23. The predicted molar refractivity (Wildman–Crippen MR) is 83.4 cm³/mol. The van der Waals surface area contributed by atoms with Gasteiger partial charge in [0, 0.05) is 25.1 Å². The largest absolute Gasteiger partial charge is 0.387 e. The number of hydrogen-bond acceptors (Lipinski definition) is 5. The number of aryl methyl sites for hydroxylation is 1. The van der Waals surface area contributed by atoms with Crippen molar-refractivity contribution in [3.05, 3.63) is 16.5 Å². The molecule has 1 aromatic rings. The Labute approximate surface area is 126 Å². The maximum atomic E-state index is 10.3. The average molecular weight is 301 g/mol. The van der Waals surface area contributed by atoms with Crippen LogP contribution < -0.4 is 5.32 Å². The number of halogens is 1. The molecule has 0 bridgehead atoms. The molecule has 0 aliphatic carbocycles. The fourth-order valence-corrected chi connectivity index (χ4v) is 2.24. The molecular formula is C14H25ClN4O. The molecule has 1 aromatic heterocycles. The molecule has 0 spiro atoms. The molecule has 2 N–H and O–H groups in total. The van der Waals surface area contributed by atoms with Crippen molar-refractivity contribution >= 4 is 17.4 Å². The molecule has 1 atom stereocenters. The van der Waals surface area contributed by atoms with E-state index in [0.717, 1.165) is 24.2 Å². The van der Waals surface area contributed by atoms with Crippen molar-refractivity contribution in [1.82, 2.24) is 14.9 Å². The lowest BCUT2D eigenvalue weighted by Crippen LogP contribution is -2.43. The number of hydrogen-bond donors (Lipinski definition) is 2. The lowest BCUT2D eigenvalue weighted by molar-refractivity contribution is 0.0459. The van der Waals surface area contributed by atoms with E-state index < -0.39 is 5.60 Å². The predicted octanol–water partition coefficient (Wildman–Crippen LogP) is 2.12. The number of aromatic nitrogens is 2. The highest BCUT2D eigenvalue weighted by molar-refractivity contribution is 6.30. The normalized spacial score (nSPS) is 14.4. The summed E-state index contributed by atoms with van der Waals surface area (Å²) in [5.41, 5.74) is -0.0228. The van der Waals surface area contributed by atoms with Gasteiger partial charge in [-0.15, -0.1) is 0 Å². The quantitative estimate of drug-likeness (QED) is 0.755. The molecule has 5 nitrogen and oxygen atoms in total. The van der Waals surface area contributed by atoms with Crippen LogP contribution >= 0.6 is 11.6 Å². The van der Waals surface area contributed by atoms with Gasteiger partial charge in [0.1, 0.15) is 16.8 Å². The van der Waals surface area contributed by atoms with E-state index in [-0.39, 0.29) is 0 Å². The fourth-order valence-electron chi connectivity index (χ4n) is 2.05. The van der Waals surface area contributed by atoms with Crippen molar-refractivity contribution in [2.45, 2.75) is 39.2 Å². The first-order valence-electron chi connectivity index (χ1n) is 6.89. The van der Waals surface area contributed by atoms with Gasteiger partial charge in [0.05, 0.1) is 5.60 Å². The second-order valence-electron chi connectivity index (χ2n) is 5.74.